The summed E-state index contributed by atoms with van der Waals surface area (Å²) in [5, 5.41) is 2.08. The molecule has 0 saturated carbocycles. The number of anilines is 1. The van der Waals surface area contributed by atoms with Gasteiger partial charge in [0, 0.05) is 30.0 Å². The number of rotatable bonds is 3. The van der Waals surface area contributed by atoms with E-state index >= 15 is 0 Å². The van der Waals surface area contributed by atoms with Gasteiger partial charge in [0.05, 0.1) is 18.1 Å². The molecule has 0 radical (unpaired) electrons. The Labute approximate surface area is 170 Å². The van der Waals surface area contributed by atoms with E-state index in [9.17, 15) is 4.79 Å². The van der Waals surface area contributed by atoms with E-state index < -0.39 is 0 Å². The van der Waals surface area contributed by atoms with Gasteiger partial charge in [-0.2, -0.15) is 0 Å². The molecule has 29 heavy (non-hydrogen) atoms. The summed E-state index contributed by atoms with van der Waals surface area (Å²) < 4.78 is 4.85. The zero-order valence-electron chi connectivity index (χ0n) is 16.9. The second-order valence-electron chi connectivity index (χ2n) is 8.11. The number of fused-ring (bicyclic) bond motifs is 3. The number of aromatic nitrogens is 3. The van der Waals surface area contributed by atoms with Gasteiger partial charge in [0.15, 0.2) is 0 Å². The number of benzene rings is 1. The Morgan fingerprint density at radius 3 is 2.66 bits per heavy atom. The standard InChI is InChI=1S/C22H27N5O2/c1-29-22(28)15-5-6-17-18(13-15)25-20-19(17)21(24-14-23-20)27-11-7-16(8-12-27)26-9-3-2-4-10-26/h5-6,13-14,16H,2-4,7-12H2,1H3,(H,23,24,25). The zero-order chi connectivity index (χ0) is 19.8. The summed E-state index contributed by atoms with van der Waals surface area (Å²) in [5.41, 5.74) is 2.22. The average molecular weight is 393 g/mol. The van der Waals surface area contributed by atoms with E-state index in [0.29, 0.717) is 11.6 Å². The van der Waals surface area contributed by atoms with Crippen LogP contribution in [0.25, 0.3) is 21.9 Å². The Morgan fingerprint density at radius 1 is 1.10 bits per heavy atom. The Bertz CT molecular complexity index is 1030. The average Bonchev–Trinajstić information content (AvgIpc) is 3.17. The van der Waals surface area contributed by atoms with Crippen LogP contribution in [0.4, 0.5) is 5.82 Å². The lowest BCUT2D eigenvalue weighted by molar-refractivity contribution is 0.0601. The monoisotopic (exact) mass is 393 g/mol. The third kappa shape index (κ3) is 3.33. The first-order chi connectivity index (χ1) is 14.2. The molecule has 0 unspecified atom stereocenters. The highest BCUT2D eigenvalue weighted by Crippen LogP contribution is 2.33. The van der Waals surface area contributed by atoms with Gasteiger partial charge in [-0.25, -0.2) is 14.8 Å². The first kappa shape index (κ1) is 18.4. The van der Waals surface area contributed by atoms with Crippen molar-refractivity contribution in [3.05, 3.63) is 30.1 Å². The number of carbonyl (C=O) groups is 1. The maximum Gasteiger partial charge on any atom is 0.337 e. The van der Waals surface area contributed by atoms with E-state index in [4.69, 9.17) is 4.74 Å². The van der Waals surface area contributed by atoms with E-state index in [1.54, 1.807) is 12.4 Å². The number of ether oxygens (including phenoxy) is 1. The molecule has 2 fully saturated rings. The fraction of sp³-hybridized carbons (Fsp3) is 0.500. The minimum atomic E-state index is -0.336. The maximum atomic E-state index is 11.9. The van der Waals surface area contributed by atoms with Crippen LogP contribution >= 0.6 is 0 Å². The van der Waals surface area contributed by atoms with E-state index in [0.717, 1.165) is 40.8 Å². The van der Waals surface area contributed by atoms with Gasteiger partial charge in [0.25, 0.3) is 0 Å². The van der Waals surface area contributed by atoms with Crippen LogP contribution in [0, 0.1) is 0 Å². The van der Waals surface area contributed by atoms with Crippen molar-refractivity contribution >= 4 is 33.7 Å². The molecule has 0 amide bonds. The number of hydrogen-bond donors (Lipinski definition) is 1. The molecule has 2 aliphatic heterocycles. The van der Waals surface area contributed by atoms with Crippen LogP contribution in [0.1, 0.15) is 42.5 Å². The minimum absolute atomic E-state index is 0.336. The number of H-pyrrole nitrogens is 1. The number of carbonyl (C=O) groups excluding carboxylic acids is 1. The predicted octanol–water partition coefficient (Wildman–Crippen LogP) is 3.35. The highest BCUT2D eigenvalue weighted by molar-refractivity contribution is 6.12. The first-order valence-corrected chi connectivity index (χ1v) is 10.6. The maximum absolute atomic E-state index is 11.9. The van der Waals surface area contributed by atoms with Crippen LogP contribution in [0.15, 0.2) is 24.5 Å². The van der Waals surface area contributed by atoms with Crippen LogP contribution in [-0.2, 0) is 4.74 Å². The van der Waals surface area contributed by atoms with Gasteiger partial charge in [0.2, 0.25) is 0 Å². The molecule has 5 rings (SSSR count). The van der Waals surface area contributed by atoms with E-state index in [1.807, 2.05) is 12.1 Å². The van der Waals surface area contributed by atoms with Crippen LogP contribution < -0.4 is 4.90 Å². The normalized spacial score (nSPS) is 19.1. The minimum Gasteiger partial charge on any atom is -0.465 e. The van der Waals surface area contributed by atoms with Crippen molar-refractivity contribution in [2.45, 2.75) is 38.1 Å². The highest BCUT2D eigenvalue weighted by Gasteiger charge is 2.27. The van der Waals surface area contributed by atoms with Gasteiger partial charge in [-0.1, -0.05) is 12.5 Å². The number of piperidine rings is 2. The van der Waals surface area contributed by atoms with Crippen LogP contribution in [0.3, 0.4) is 0 Å². The topological polar surface area (TPSA) is 74.3 Å². The summed E-state index contributed by atoms with van der Waals surface area (Å²) >= 11 is 0. The smallest absolute Gasteiger partial charge is 0.337 e. The molecule has 7 nitrogen and oxygen atoms in total. The SMILES string of the molecule is COC(=O)c1ccc2c(c1)[nH]c1ncnc(N3CCC(N4CCCCC4)CC3)c12. The molecule has 3 aromatic rings. The molecular formula is C22H27N5O2. The van der Waals surface area contributed by atoms with Gasteiger partial charge in [0.1, 0.15) is 17.8 Å². The summed E-state index contributed by atoms with van der Waals surface area (Å²) in [4.78, 5) is 29.4. The third-order valence-corrected chi connectivity index (χ3v) is 6.46. The summed E-state index contributed by atoms with van der Waals surface area (Å²) in [5.74, 6) is 0.654. The molecular weight excluding hydrogens is 366 g/mol. The van der Waals surface area contributed by atoms with Crippen LogP contribution in [-0.4, -0.2) is 65.2 Å². The largest absolute Gasteiger partial charge is 0.465 e. The molecule has 2 aromatic heterocycles. The fourth-order valence-corrected chi connectivity index (χ4v) is 4.92. The second-order valence-corrected chi connectivity index (χ2v) is 8.11. The Morgan fingerprint density at radius 2 is 1.90 bits per heavy atom. The Hall–Kier alpha value is -2.67. The molecule has 0 spiro atoms. The molecule has 1 aromatic carbocycles. The summed E-state index contributed by atoms with van der Waals surface area (Å²) in [6.45, 7) is 4.54. The Balaban J connectivity index is 1.43. The van der Waals surface area contributed by atoms with Crippen LogP contribution in [0.2, 0.25) is 0 Å². The lowest BCUT2D eigenvalue weighted by Crippen LogP contribution is -2.47. The molecule has 4 heterocycles. The van der Waals surface area contributed by atoms with Crippen molar-refractivity contribution in [2.75, 3.05) is 38.2 Å². The highest BCUT2D eigenvalue weighted by atomic mass is 16.5. The molecule has 7 heteroatoms. The second kappa shape index (κ2) is 7.63. The van der Waals surface area contributed by atoms with Crippen molar-refractivity contribution in [3.63, 3.8) is 0 Å². The van der Waals surface area contributed by atoms with E-state index in [2.05, 4.69) is 24.8 Å². The number of hydrogen-bond acceptors (Lipinski definition) is 6. The summed E-state index contributed by atoms with van der Waals surface area (Å²) in [6.07, 6.45) is 8.06. The number of esters is 1. The van der Waals surface area contributed by atoms with Gasteiger partial charge in [-0.05, 0) is 50.9 Å². The van der Waals surface area contributed by atoms with E-state index in [1.165, 1.54) is 52.3 Å². The predicted molar refractivity (Wildman–Crippen MR) is 113 cm³/mol. The molecule has 2 aliphatic rings. The van der Waals surface area contributed by atoms with Crippen LogP contribution in [0.5, 0.6) is 0 Å². The third-order valence-electron chi connectivity index (χ3n) is 6.46. The number of nitrogens with one attached hydrogen (secondary N) is 1. The number of nitrogens with zero attached hydrogens (tertiary/aromatic N) is 4. The molecule has 1 N–H and O–H groups in total. The molecule has 0 aliphatic carbocycles. The van der Waals surface area contributed by atoms with Gasteiger partial charge in [-0.15, -0.1) is 0 Å². The van der Waals surface area contributed by atoms with Gasteiger partial charge in [-0.3, -0.25) is 0 Å². The lowest BCUT2D eigenvalue weighted by atomic mass is 9.99. The quantitative estimate of drug-likeness (QED) is 0.688. The summed E-state index contributed by atoms with van der Waals surface area (Å²) in [7, 11) is 1.40. The van der Waals surface area contributed by atoms with Crippen molar-refractivity contribution in [1.82, 2.24) is 19.9 Å². The number of aromatic amines is 1. The van der Waals surface area contributed by atoms with Crippen molar-refractivity contribution in [1.29, 1.82) is 0 Å². The van der Waals surface area contributed by atoms with Crippen molar-refractivity contribution in [2.24, 2.45) is 0 Å². The molecule has 2 saturated heterocycles. The zero-order valence-corrected chi connectivity index (χ0v) is 16.9. The fourth-order valence-electron chi connectivity index (χ4n) is 4.92. The van der Waals surface area contributed by atoms with Gasteiger partial charge < -0.3 is 19.5 Å². The van der Waals surface area contributed by atoms with Crippen molar-refractivity contribution < 1.29 is 9.53 Å². The lowest BCUT2D eigenvalue weighted by Gasteiger charge is -2.40. The summed E-state index contributed by atoms with van der Waals surface area (Å²) in [6, 6.07) is 6.30. The first-order valence-electron chi connectivity index (χ1n) is 10.6. The van der Waals surface area contributed by atoms with Crippen molar-refractivity contribution in [3.8, 4) is 0 Å². The molecule has 0 bridgehead atoms. The molecule has 152 valence electrons. The molecule has 0 atom stereocenters. The Kier molecular flexibility index (Phi) is 4.83. The number of likely N-dealkylation sites (tertiary alicyclic amines) is 1. The number of methoxy groups -OCH3 is 1. The van der Waals surface area contributed by atoms with E-state index in [-0.39, 0.29) is 5.97 Å². The van der Waals surface area contributed by atoms with Gasteiger partial charge >= 0.3 is 5.97 Å².